The number of nitrogens with zero attached hydrogens (tertiary/aromatic N) is 2. The van der Waals surface area contributed by atoms with E-state index in [9.17, 15) is 9.59 Å². The van der Waals surface area contributed by atoms with Crippen LogP contribution in [0.1, 0.15) is 64.7 Å². The SMILES string of the molecule is CCOC(=O)c1c(C(OCC)OCC)ncn1Cc1ccc(C(=O)c2ccc(Cl)cc2)cc1. The molecule has 0 atom stereocenters. The molecule has 1 heterocycles. The maximum Gasteiger partial charge on any atom is 0.357 e. The quantitative estimate of drug-likeness (QED) is 0.221. The second-order valence-corrected chi connectivity index (χ2v) is 7.54. The molecule has 0 aliphatic heterocycles. The summed E-state index contributed by atoms with van der Waals surface area (Å²) in [6, 6.07) is 14.0. The van der Waals surface area contributed by atoms with Crippen LogP contribution in [-0.4, -0.2) is 41.1 Å². The van der Waals surface area contributed by atoms with E-state index in [2.05, 4.69) is 4.98 Å². The summed E-state index contributed by atoms with van der Waals surface area (Å²) in [5.74, 6) is -0.587. The molecule has 0 amide bonds. The predicted octanol–water partition coefficient (Wildman–Crippen LogP) is 5.06. The average molecular weight is 471 g/mol. The Bertz CT molecular complexity index is 1070. The molecule has 2 aromatic carbocycles. The van der Waals surface area contributed by atoms with Crippen molar-refractivity contribution in [2.75, 3.05) is 19.8 Å². The highest BCUT2D eigenvalue weighted by Gasteiger charge is 2.27. The van der Waals surface area contributed by atoms with E-state index in [1.54, 1.807) is 54.2 Å². The molecule has 0 aliphatic carbocycles. The van der Waals surface area contributed by atoms with Crippen molar-refractivity contribution in [2.24, 2.45) is 0 Å². The summed E-state index contributed by atoms with van der Waals surface area (Å²) < 4.78 is 18.2. The molecule has 7 nitrogen and oxygen atoms in total. The van der Waals surface area contributed by atoms with Gasteiger partial charge < -0.3 is 18.8 Å². The molecule has 3 rings (SSSR count). The van der Waals surface area contributed by atoms with Crippen molar-refractivity contribution in [3.8, 4) is 0 Å². The molecule has 0 saturated heterocycles. The highest BCUT2D eigenvalue weighted by atomic mass is 35.5. The Balaban J connectivity index is 1.85. The maximum absolute atomic E-state index is 12.7. The van der Waals surface area contributed by atoms with Crippen molar-refractivity contribution in [1.82, 2.24) is 9.55 Å². The van der Waals surface area contributed by atoms with Crippen LogP contribution in [0.4, 0.5) is 0 Å². The van der Waals surface area contributed by atoms with Gasteiger partial charge in [0.2, 0.25) is 6.29 Å². The summed E-state index contributed by atoms with van der Waals surface area (Å²) in [5, 5.41) is 0.579. The van der Waals surface area contributed by atoms with Crippen LogP contribution in [0.3, 0.4) is 0 Å². The van der Waals surface area contributed by atoms with Gasteiger partial charge in [-0.15, -0.1) is 0 Å². The highest BCUT2D eigenvalue weighted by Crippen LogP contribution is 2.24. The Hall–Kier alpha value is -3.00. The lowest BCUT2D eigenvalue weighted by Crippen LogP contribution is -2.18. The largest absolute Gasteiger partial charge is 0.461 e. The van der Waals surface area contributed by atoms with E-state index in [-0.39, 0.29) is 18.1 Å². The molecule has 3 aromatic rings. The number of carbonyl (C=O) groups excluding carboxylic acids is 2. The zero-order valence-corrected chi connectivity index (χ0v) is 19.7. The number of aromatic nitrogens is 2. The normalized spacial score (nSPS) is 11.1. The van der Waals surface area contributed by atoms with E-state index < -0.39 is 12.3 Å². The number of ketones is 1. The number of hydrogen-bond donors (Lipinski definition) is 0. The van der Waals surface area contributed by atoms with E-state index >= 15 is 0 Å². The van der Waals surface area contributed by atoms with E-state index in [0.29, 0.717) is 41.6 Å². The van der Waals surface area contributed by atoms with Crippen LogP contribution in [0.25, 0.3) is 0 Å². The van der Waals surface area contributed by atoms with Crippen LogP contribution >= 0.6 is 11.6 Å². The van der Waals surface area contributed by atoms with Crippen LogP contribution in [0.15, 0.2) is 54.9 Å². The minimum atomic E-state index is -0.764. The molecule has 0 N–H and O–H groups in total. The van der Waals surface area contributed by atoms with Crippen molar-refractivity contribution in [2.45, 2.75) is 33.6 Å². The zero-order valence-electron chi connectivity index (χ0n) is 18.9. The van der Waals surface area contributed by atoms with Crippen molar-refractivity contribution in [3.05, 3.63) is 88.0 Å². The Kier molecular flexibility index (Phi) is 8.77. The van der Waals surface area contributed by atoms with Crippen LogP contribution in [0.2, 0.25) is 5.02 Å². The van der Waals surface area contributed by atoms with E-state index in [1.165, 1.54) is 0 Å². The van der Waals surface area contributed by atoms with Crippen molar-refractivity contribution in [1.29, 1.82) is 0 Å². The molecular weight excluding hydrogens is 444 g/mol. The highest BCUT2D eigenvalue weighted by molar-refractivity contribution is 6.30. The Morgan fingerprint density at radius 2 is 1.48 bits per heavy atom. The van der Waals surface area contributed by atoms with Crippen LogP contribution < -0.4 is 0 Å². The summed E-state index contributed by atoms with van der Waals surface area (Å²) in [7, 11) is 0. The Morgan fingerprint density at radius 3 is 2.03 bits per heavy atom. The van der Waals surface area contributed by atoms with Crippen LogP contribution in [-0.2, 0) is 20.8 Å². The molecule has 33 heavy (non-hydrogen) atoms. The molecular formula is C25H27ClN2O5. The summed E-state index contributed by atoms with van der Waals surface area (Å²) in [4.78, 5) is 29.8. The van der Waals surface area contributed by atoms with Crippen LogP contribution in [0, 0.1) is 0 Å². The molecule has 0 fully saturated rings. The number of benzene rings is 2. The molecule has 8 heteroatoms. The van der Waals surface area contributed by atoms with Gasteiger partial charge in [-0.1, -0.05) is 35.9 Å². The first kappa shape index (κ1) is 24.6. The minimum Gasteiger partial charge on any atom is -0.461 e. The van der Waals surface area contributed by atoms with Crippen molar-refractivity contribution < 1.29 is 23.8 Å². The Morgan fingerprint density at radius 1 is 0.909 bits per heavy atom. The summed E-state index contributed by atoms with van der Waals surface area (Å²) in [6.07, 6.45) is 0.805. The number of esters is 1. The average Bonchev–Trinajstić information content (AvgIpc) is 3.23. The first-order valence-electron chi connectivity index (χ1n) is 10.8. The van der Waals surface area contributed by atoms with Crippen molar-refractivity contribution >= 4 is 23.4 Å². The molecule has 0 radical (unpaired) electrons. The molecule has 0 bridgehead atoms. The number of rotatable bonds is 11. The molecule has 1 aromatic heterocycles. The third kappa shape index (κ3) is 6.07. The van der Waals surface area contributed by atoms with Gasteiger partial charge in [0.1, 0.15) is 5.69 Å². The van der Waals surface area contributed by atoms with Crippen LogP contribution in [0.5, 0.6) is 0 Å². The topological polar surface area (TPSA) is 79.7 Å². The van der Waals surface area contributed by atoms with Gasteiger partial charge in [-0.05, 0) is 50.6 Å². The van der Waals surface area contributed by atoms with Gasteiger partial charge >= 0.3 is 5.97 Å². The van der Waals surface area contributed by atoms with E-state index in [1.807, 2.05) is 26.0 Å². The van der Waals surface area contributed by atoms with Gasteiger partial charge in [-0.2, -0.15) is 0 Å². The molecule has 0 saturated carbocycles. The summed E-state index contributed by atoms with van der Waals surface area (Å²) in [6.45, 7) is 6.85. The molecule has 174 valence electrons. The lowest BCUT2D eigenvalue weighted by atomic mass is 10.0. The molecule has 0 unspecified atom stereocenters. The standard InChI is InChI=1S/C25H27ClN2O5/c1-4-31-24(30)22-21(25(32-5-2)33-6-3)27-16-28(22)15-17-7-9-18(10-8-17)23(29)19-11-13-20(26)14-12-19/h7-14,16,25H,4-6,15H2,1-3H3. The number of hydrogen-bond acceptors (Lipinski definition) is 6. The predicted molar refractivity (Wildman–Crippen MR) is 125 cm³/mol. The van der Waals surface area contributed by atoms with Gasteiger partial charge in [0.05, 0.1) is 12.9 Å². The third-order valence-electron chi connectivity index (χ3n) is 4.87. The van der Waals surface area contributed by atoms with E-state index in [4.69, 9.17) is 25.8 Å². The lowest BCUT2D eigenvalue weighted by molar-refractivity contribution is -0.142. The number of imidazole rings is 1. The first-order valence-corrected chi connectivity index (χ1v) is 11.2. The third-order valence-corrected chi connectivity index (χ3v) is 5.12. The second kappa shape index (κ2) is 11.7. The smallest absolute Gasteiger partial charge is 0.357 e. The number of halogens is 1. The van der Waals surface area contributed by atoms with E-state index in [0.717, 1.165) is 5.56 Å². The van der Waals surface area contributed by atoms with Gasteiger partial charge in [0, 0.05) is 35.9 Å². The van der Waals surface area contributed by atoms with Gasteiger partial charge in [-0.3, -0.25) is 4.79 Å². The fourth-order valence-electron chi connectivity index (χ4n) is 3.35. The molecule has 0 spiro atoms. The summed E-state index contributed by atoms with van der Waals surface area (Å²) >= 11 is 5.90. The number of ether oxygens (including phenoxy) is 3. The molecule has 0 aliphatic rings. The summed E-state index contributed by atoms with van der Waals surface area (Å²) in [5.41, 5.74) is 2.68. The van der Waals surface area contributed by atoms with Gasteiger partial charge in [-0.25, -0.2) is 9.78 Å². The first-order chi connectivity index (χ1) is 16.0. The minimum absolute atomic E-state index is 0.0911. The number of carbonyl (C=O) groups is 2. The van der Waals surface area contributed by atoms with Crippen molar-refractivity contribution in [3.63, 3.8) is 0 Å². The Labute approximate surface area is 198 Å². The fourth-order valence-corrected chi connectivity index (χ4v) is 3.47. The monoisotopic (exact) mass is 470 g/mol. The fraction of sp³-hybridized carbons (Fsp3) is 0.320. The van der Waals surface area contributed by atoms with Gasteiger partial charge in [0.25, 0.3) is 0 Å². The second-order valence-electron chi connectivity index (χ2n) is 7.10. The lowest BCUT2D eigenvalue weighted by Gasteiger charge is -2.17. The van der Waals surface area contributed by atoms with Gasteiger partial charge in [0.15, 0.2) is 11.5 Å². The maximum atomic E-state index is 12.7. The zero-order chi connectivity index (χ0) is 23.8.